The fraction of sp³-hybridized carbons (Fsp3) is 0.316. The van der Waals surface area contributed by atoms with Crippen LogP contribution in [0.15, 0.2) is 41.8 Å². The summed E-state index contributed by atoms with van der Waals surface area (Å²) in [5, 5.41) is 5.78. The van der Waals surface area contributed by atoms with Crippen molar-refractivity contribution >= 4 is 39.1 Å². The number of carbonyl (C=O) groups is 1. The second kappa shape index (κ2) is 7.20. The number of amides is 1. The molecule has 1 amide bonds. The number of halogens is 1. The lowest BCUT2D eigenvalue weighted by atomic mass is 10.2. The molecule has 4 rings (SSSR count). The molecular formula is C19H19ClN2O2S. The number of hydrogen-bond acceptors (Lipinski definition) is 3. The summed E-state index contributed by atoms with van der Waals surface area (Å²) in [4.78, 5) is 12.7. The third-order valence-electron chi connectivity index (χ3n) is 4.50. The summed E-state index contributed by atoms with van der Waals surface area (Å²) in [6, 6.07) is 11.8. The van der Waals surface area contributed by atoms with Crippen LogP contribution in [0.4, 0.5) is 0 Å². The van der Waals surface area contributed by atoms with E-state index in [0.717, 1.165) is 35.2 Å². The van der Waals surface area contributed by atoms with Crippen molar-refractivity contribution in [3.8, 4) is 0 Å². The maximum Gasteiger partial charge on any atom is 0.268 e. The van der Waals surface area contributed by atoms with Gasteiger partial charge in [0, 0.05) is 24.7 Å². The topological polar surface area (TPSA) is 43.3 Å². The van der Waals surface area contributed by atoms with Gasteiger partial charge in [-0.3, -0.25) is 4.79 Å². The third kappa shape index (κ3) is 3.59. The number of benzene rings is 1. The van der Waals surface area contributed by atoms with E-state index in [9.17, 15) is 4.79 Å². The minimum atomic E-state index is -0.0547. The molecule has 0 radical (unpaired) electrons. The molecular weight excluding hydrogens is 356 g/mol. The molecule has 0 bridgehead atoms. The third-order valence-corrected chi connectivity index (χ3v) is 5.59. The fourth-order valence-corrected chi connectivity index (χ4v) is 4.29. The Morgan fingerprint density at radius 2 is 2.28 bits per heavy atom. The van der Waals surface area contributed by atoms with Crippen LogP contribution in [0.5, 0.6) is 0 Å². The van der Waals surface area contributed by atoms with Gasteiger partial charge in [-0.25, -0.2) is 0 Å². The maximum absolute atomic E-state index is 12.7. The van der Waals surface area contributed by atoms with Gasteiger partial charge in [-0.15, -0.1) is 11.3 Å². The van der Waals surface area contributed by atoms with Crippen LogP contribution in [-0.4, -0.2) is 29.7 Å². The first kappa shape index (κ1) is 16.6. The first-order valence-corrected chi connectivity index (χ1v) is 9.67. The average Bonchev–Trinajstić information content (AvgIpc) is 3.31. The van der Waals surface area contributed by atoms with Gasteiger partial charge in [-0.2, -0.15) is 0 Å². The van der Waals surface area contributed by atoms with Crippen LogP contribution in [0.3, 0.4) is 0 Å². The summed E-state index contributed by atoms with van der Waals surface area (Å²) in [5.74, 6) is -0.0547. The number of thiophene rings is 1. The maximum atomic E-state index is 12.7. The first-order valence-electron chi connectivity index (χ1n) is 8.42. The van der Waals surface area contributed by atoms with Crippen LogP contribution < -0.4 is 5.32 Å². The number of fused-ring (bicyclic) bond motifs is 1. The first-order chi connectivity index (χ1) is 12.2. The highest BCUT2D eigenvalue weighted by molar-refractivity contribution is 7.17. The molecule has 0 aliphatic carbocycles. The van der Waals surface area contributed by atoms with Crippen LogP contribution in [0.25, 0.3) is 10.2 Å². The molecule has 4 nitrogen and oxygen atoms in total. The highest BCUT2D eigenvalue weighted by Crippen LogP contribution is 2.27. The number of aromatic nitrogens is 1. The second-order valence-electron chi connectivity index (χ2n) is 6.26. The van der Waals surface area contributed by atoms with Crippen molar-refractivity contribution in [3.63, 3.8) is 0 Å². The number of nitrogens with zero attached hydrogens (tertiary/aromatic N) is 1. The van der Waals surface area contributed by atoms with Crippen LogP contribution in [0, 0.1) is 0 Å². The summed E-state index contributed by atoms with van der Waals surface area (Å²) in [6.07, 6.45) is 2.22. The molecule has 6 heteroatoms. The minimum Gasteiger partial charge on any atom is -0.376 e. The largest absolute Gasteiger partial charge is 0.376 e. The van der Waals surface area contributed by atoms with Gasteiger partial charge in [-0.1, -0.05) is 23.7 Å². The summed E-state index contributed by atoms with van der Waals surface area (Å²) in [5.41, 5.74) is 2.83. The van der Waals surface area contributed by atoms with E-state index in [-0.39, 0.29) is 12.0 Å². The fourth-order valence-electron chi connectivity index (χ4n) is 3.26. The number of rotatable bonds is 5. The second-order valence-corrected chi connectivity index (χ2v) is 7.64. The van der Waals surface area contributed by atoms with Gasteiger partial charge in [0.2, 0.25) is 0 Å². The van der Waals surface area contributed by atoms with Gasteiger partial charge in [-0.05, 0) is 48.1 Å². The molecule has 2 aromatic heterocycles. The molecule has 1 unspecified atom stereocenters. The molecule has 1 saturated heterocycles. The Labute approximate surface area is 155 Å². The van der Waals surface area contributed by atoms with Crippen molar-refractivity contribution in [2.45, 2.75) is 25.5 Å². The van der Waals surface area contributed by atoms with Crippen molar-refractivity contribution in [2.75, 3.05) is 13.2 Å². The number of nitrogens with one attached hydrogen (secondary N) is 1. The van der Waals surface area contributed by atoms with Gasteiger partial charge in [0.1, 0.15) is 5.69 Å². The van der Waals surface area contributed by atoms with E-state index in [1.54, 1.807) is 11.3 Å². The molecule has 3 heterocycles. The van der Waals surface area contributed by atoms with Crippen LogP contribution in [0.2, 0.25) is 5.02 Å². The monoisotopic (exact) mass is 374 g/mol. The summed E-state index contributed by atoms with van der Waals surface area (Å²) in [6.45, 7) is 1.97. The number of ether oxygens (including phenoxy) is 1. The average molecular weight is 375 g/mol. The van der Waals surface area contributed by atoms with E-state index < -0.39 is 0 Å². The normalized spacial score (nSPS) is 17.2. The molecule has 1 aromatic carbocycles. The number of hydrogen-bond donors (Lipinski definition) is 1. The van der Waals surface area contributed by atoms with Crippen molar-refractivity contribution in [1.29, 1.82) is 0 Å². The Balaban J connectivity index is 1.59. The lowest BCUT2D eigenvalue weighted by Gasteiger charge is -2.13. The standard InChI is InChI=1S/C19H19ClN2O2S/c20-14-4-1-3-13(9-14)12-22-16-6-8-25-18(16)10-17(22)19(23)21-11-15-5-2-7-24-15/h1,3-4,6,8-10,15H,2,5,7,11-12H2,(H,21,23). The summed E-state index contributed by atoms with van der Waals surface area (Å²) < 4.78 is 8.76. The van der Waals surface area contributed by atoms with E-state index >= 15 is 0 Å². The van der Waals surface area contributed by atoms with Gasteiger partial charge in [0.25, 0.3) is 5.91 Å². The molecule has 1 aliphatic rings. The highest BCUT2D eigenvalue weighted by atomic mass is 35.5. The molecule has 1 N–H and O–H groups in total. The zero-order chi connectivity index (χ0) is 17.2. The van der Waals surface area contributed by atoms with Gasteiger partial charge in [0.05, 0.1) is 16.3 Å². The lowest BCUT2D eigenvalue weighted by Crippen LogP contribution is -2.33. The van der Waals surface area contributed by atoms with Crippen molar-refractivity contribution in [1.82, 2.24) is 9.88 Å². The molecule has 1 fully saturated rings. The van der Waals surface area contributed by atoms with Crippen molar-refractivity contribution in [3.05, 3.63) is 58.1 Å². The van der Waals surface area contributed by atoms with Gasteiger partial charge in [0.15, 0.2) is 0 Å². The predicted molar refractivity (Wildman–Crippen MR) is 102 cm³/mol. The van der Waals surface area contributed by atoms with Crippen LogP contribution in [0.1, 0.15) is 28.9 Å². The Hall–Kier alpha value is -1.82. The molecule has 1 atom stereocenters. The molecule has 1 aliphatic heterocycles. The Kier molecular flexibility index (Phi) is 4.79. The summed E-state index contributed by atoms with van der Waals surface area (Å²) >= 11 is 7.75. The molecule has 0 saturated carbocycles. The summed E-state index contributed by atoms with van der Waals surface area (Å²) in [7, 11) is 0. The Morgan fingerprint density at radius 1 is 1.36 bits per heavy atom. The Bertz CT molecular complexity index is 896. The van der Waals surface area contributed by atoms with E-state index in [2.05, 4.69) is 16.0 Å². The molecule has 130 valence electrons. The van der Waals surface area contributed by atoms with E-state index in [1.165, 1.54) is 0 Å². The SMILES string of the molecule is O=C(NCC1CCCO1)c1cc2sccc2n1Cc1cccc(Cl)c1. The molecule has 25 heavy (non-hydrogen) atoms. The highest BCUT2D eigenvalue weighted by Gasteiger charge is 2.20. The zero-order valence-corrected chi connectivity index (χ0v) is 15.3. The van der Waals surface area contributed by atoms with E-state index in [0.29, 0.717) is 23.8 Å². The van der Waals surface area contributed by atoms with E-state index in [4.69, 9.17) is 16.3 Å². The van der Waals surface area contributed by atoms with E-state index in [1.807, 2.05) is 35.7 Å². The van der Waals surface area contributed by atoms with Gasteiger partial charge >= 0.3 is 0 Å². The smallest absolute Gasteiger partial charge is 0.268 e. The number of carbonyl (C=O) groups excluding carboxylic acids is 1. The van der Waals surface area contributed by atoms with Crippen molar-refractivity contribution in [2.24, 2.45) is 0 Å². The van der Waals surface area contributed by atoms with Crippen molar-refractivity contribution < 1.29 is 9.53 Å². The van der Waals surface area contributed by atoms with Gasteiger partial charge < -0.3 is 14.6 Å². The molecule has 3 aromatic rings. The molecule has 0 spiro atoms. The lowest BCUT2D eigenvalue weighted by molar-refractivity contribution is 0.0851. The van der Waals surface area contributed by atoms with Crippen LogP contribution >= 0.6 is 22.9 Å². The minimum absolute atomic E-state index is 0.0547. The quantitative estimate of drug-likeness (QED) is 0.723. The predicted octanol–water partition coefficient (Wildman–Crippen LogP) is 4.31. The van der Waals surface area contributed by atoms with Crippen LogP contribution in [-0.2, 0) is 11.3 Å². The zero-order valence-electron chi connectivity index (χ0n) is 13.7. The Morgan fingerprint density at radius 3 is 3.08 bits per heavy atom.